The number of nitrogen functional groups attached to an aromatic ring is 1. The fourth-order valence-corrected chi connectivity index (χ4v) is 4.21. The number of hydrogen-bond acceptors (Lipinski definition) is 7. The summed E-state index contributed by atoms with van der Waals surface area (Å²) in [6.45, 7) is 0.519. The van der Waals surface area contributed by atoms with Crippen LogP contribution in [0.15, 0.2) is 32.4 Å². The summed E-state index contributed by atoms with van der Waals surface area (Å²) in [6, 6.07) is 5.71. The van der Waals surface area contributed by atoms with E-state index in [9.17, 15) is 4.79 Å². The monoisotopic (exact) mass is 354 g/mol. The van der Waals surface area contributed by atoms with E-state index in [1.54, 1.807) is 18.8 Å². The molecule has 0 radical (unpaired) electrons. The summed E-state index contributed by atoms with van der Waals surface area (Å²) < 4.78 is 8.60. The van der Waals surface area contributed by atoms with E-state index < -0.39 is 0 Å². The zero-order chi connectivity index (χ0) is 17.1. The SMILES string of the molecule is Cn1c(=O)oc2cc(Cn3nc4c5c(nc(N)nc53)SCC4)ccc21. The number of aromatic nitrogens is 5. The smallest absolute Gasteiger partial charge is 0.408 e. The standard InChI is InChI=1S/C16H14N6O2S/c1-21-10-3-2-8(6-11(10)24-16(21)23)7-22-13-12-9(20-22)4-5-25-14(12)19-15(17)18-13/h2-3,6H,4-5,7H2,1H3,(H2,17,18,19). The Hall–Kier alpha value is -2.81. The van der Waals surface area contributed by atoms with Crippen molar-refractivity contribution in [3.63, 3.8) is 0 Å². The number of hydrogen-bond donors (Lipinski definition) is 1. The largest absolute Gasteiger partial charge is 0.419 e. The first kappa shape index (κ1) is 14.5. The van der Waals surface area contributed by atoms with Crippen molar-refractivity contribution >= 4 is 39.8 Å². The molecule has 0 saturated carbocycles. The van der Waals surface area contributed by atoms with Crippen molar-refractivity contribution in [1.29, 1.82) is 0 Å². The van der Waals surface area contributed by atoms with Crippen LogP contribution in [0.1, 0.15) is 11.3 Å². The van der Waals surface area contributed by atoms with Crippen LogP contribution < -0.4 is 11.5 Å². The molecule has 5 rings (SSSR count). The van der Waals surface area contributed by atoms with E-state index in [2.05, 4.69) is 9.97 Å². The number of nitrogens with zero attached hydrogens (tertiary/aromatic N) is 5. The first-order valence-corrected chi connectivity index (χ1v) is 8.83. The molecule has 0 saturated heterocycles. The van der Waals surface area contributed by atoms with Crippen molar-refractivity contribution in [3.05, 3.63) is 40.0 Å². The van der Waals surface area contributed by atoms with Gasteiger partial charge >= 0.3 is 5.76 Å². The fraction of sp³-hybridized carbons (Fsp3) is 0.250. The van der Waals surface area contributed by atoms with Crippen molar-refractivity contribution in [1.82, 2.24) is 24.3 Å². The van der Waals surface area contributed by atoms with Crippen LogP contribution >= 0.6 is 11.8 Å². The van der Waals surface area contributed by atoms with Crippen LogP contribution in [0.2, 0.25) is 0 Å². The van der Waals surface area contributed by atoms with E-state index in [0.29, 0.717) is 12.1 Å². The molecule has 1 aromatic carbocycles. The first-order chi connectivity index (χ1) is 12.1. The van der Waals surface area contributed by atoms with E-state index in [0.717, 1.165) is 45.0 Å². The third-order valence-electron chi connectivity index (χ3n) is 4.42. The second kappa shape index (κ2) is 5.09. The third kappa shape index (κ3) is 2.15. The number of fused-ring (bicyclic) bond motifs is 1. The van der Waals surface area contributed by atoms with E-state index in [1.165, 1.54) is 4.57 Å². The molecule has 0 unspecified atom stereocenters. The van der Waals surface area contributed by atoms with Gasteiger partial charge in [-0.3, -0.25) is 4.57 Å². The van der Waals surface area contributed by atoms with Gasteiger partial charge in [0.1, 0.15) is 5.03 Å². The minimum atomic E-state index is -0.368. The number of oxazole rings is 1. The summed E-state index contributed by atoms with van der Waals surface area (Å²) in [7, 11) is 1.69. The summed E-state index contributed by atoms with van der Waals surface area (Å²) in [5.74, 6) is 0.831. The number of aryl methyl sites for hydroxylation is 2. The van der Waals surface area contributed by atoms with Crippen molar-refractivity contribution in [2.75, 3.05) is 11.5 Å². The van der Waals surface area contributed by atoms with Gasteiger partial charge < -0.3 is 10.2 Å². The van der Waals surface area contributed by atoms with Gasteiger partial charge in [-0.1, -0.05) is 6.07 Å². The molecule has 1 aliphatic heterocycles. The maximum absolute atomic E-state index is 11.7. The lowest BCUT2D eigenvalue weighted by atomic mass is 10.2. The zero-order valence-electron chi connectivity index (χ0n) is 13.4. The maximum Gasteiger partial charge on any atom is 0.419 e. The highest BCUT2D eigenvalue weighted by molar-refractivity contribution is 7.99. The van der Waals surface area contributed by atoms with E-state index >= 15 is 0 Å². The van der Waals surface area contributed by atoms with Gasteiger partial charge in [0.2, 0.25) is 5.95 Å². The zero-order valence-corrected chi connectivity index (χ0v) is 14.2. The molecule has 25 heavy (non-hydrogen) atoms. The second-order valence-electron chi connectivity index (χ2n) is 6.02. The van der Waals surface area contributed by atoms with Gasteiger partial charge in [-0.25, -0.2) is 14.5 Å². The Morgan fingerprint density at radius 3 is 3.12 bits per heavy atom. The summed E-state index contributed by atoms with van der Waals surface area (Å²) in [5, 5.41) is 6.61. The average molecular weight is 354 g/mol. The highest BCUT2D eigenvalue weighted by Gasteiger charge is 2.22. The molecule has 0 bridgehead atoms. The van der Waals surface area contributed by atoms with Crippen molar-refractivity contribution in [3.8, 4) is 0 Å². The van der Waals surface area contributed by atoms with Gasteiger partial charge in [-0.15, -0.1) is 11.8 Å². The molecule has 8 nitrogen and oxygen atoms in total. The lowest BCUT2D eigenvalue weighted by Crippen LogP contribution is -2.08. The van der Waals surface area contributed by atoms with Crippen LogP contribution in [-0.4, -0.2) is 30.1 Å². The van der Waals surface area contributed by atoms with E-state index in [1.807, 2.05) is 22.9 Å². The minimum Gasteiger partial charge on any atom is -0.408 e. The normalized spacial score (nSPS) is 13.8. The summed E-state index contributed by atoms with van der Waals surface area (Å²) in [6.07, 6.45) is 0.890. The van der Waals surface area contributed by atoms with Crippen molar-refractivity contribution < 1.29 is 4.42 Å². The molecular weight excluding hydrogens is 340 g/mol. The Morgan fingerprint density at radius 1 is 1.36 bits per heavy atom. The molecule has 1 aliphatic rings. The van der Waals surface area contributed by atoms with Gasteiger partial charge in [-0.05, 0) is 17.7 Å². The van der Waals surface area contributed by atoms with Crippen LogP contribution in [0.4, 0.5) is 5.95 Å². The van der Waals surface area contributed by atoms with Crippen molar-refractivity contribution in [2.24, 2.45) is 7.05 Å². The summed E-state index contributed by atoms with van der Waals surface area (Å²) >= 11 is 1.68. The lowest BCUT2D eigenvalue weighted by molar-refractivity contribution is 0.527. The Morgan fingerprint density at radius 2 is 2.24 bits per heavy atom. The molecule has 0 aliphatic carbocycles. The third-order valence-corrected chi connectivity index (χ3v) is 5.39. The Kier molecular flexibility index (Phi) is 2.96. The van der Waals surface area contributed by atoms with Gasteiger partial charge in [0.15, 0.2) is 11.2 Å². The van der Waals surface area contributed by atoms with Gasteiger partial charge in [0, 0.05) is 19.2 Å². The summed E-state index contributed by atoms with van der Waals surface area (Å²) in [4.78, 5) is 20.4. The van der Waals surface area contributed by atoms with Crippen LogP contribution in [0, 0.1) is 0 Å². The molecule has 0 spiro atoms. The molecule has 0 amide bonds. The van der Waals surface area contributed by atoms with Gasteiger partial charge in [0.25, 0.3) is 0 Å². The summed E-state index contributed by atoms with van der Waals surface area (Å²) in [5.41, 5.74) is 9.93. The Labute approximate surface area is 145 Å². The number of thioether (sulfide) groups is 1. The molecule has 4 aromatic rings. The highest BCUT2D eigenvalue weighted by Crippen LogP contribution is 2.34. The van der Waals surface area contributed by atoms with Gasteiger partial charge in [-0.2, -0.15) is 10.1 Å². The van der Waals surface area contributed by atoms with E-state index in [4.69, 9.17) is 15.2 Å². The number of anilines is 1. The predicted molar refractivity (Wildman–Crippen MR) is 94.7 cm³/mol. The Bertz CT molecular complexity index is 1200. The molecular formula is C16H14N6O2S. The maximum atomic E-state index is 11.7. The predicted octanol–water partition coefficient (Wildman–Crippen LogP) is 1.55. The lowest BCUT2D eigenvalue weighted by Gasteiger charge is -2.08. The Balaban J connectivity index is 1.64. The number of rotatable bonds is 2. The molecule has 126 valence electrons. The molecule has 2 N–H and O–H groups in total. The second-order valence-corrected chi connectivity index (χ2v) is 7.10. The number of nitrogens with two attached hydrogens (primary N) is 1. The molecule has 3 aromatic heterocycles. The average Bonchev–Trinajstić information content (AvgIpc) is 3.07. The molecule has 0 atom stereocenters. The molecule has 4 heterocycles. The van der Waals surface area contributed by atoms with Crippen molar-refractivity contribution in [2.45, 2.75) is 18.0 Å². The minimum absolute atomic E-state index is 0.258. The topological polar surface area (TPSA) is 105 Å². The quantitative estimate of drug-likeness (QED) is 0.545. The van der Waals surface area contributed by atoms with Crippen LogP contribution in [0.3, 0.4) is 0 Å². The van der Waals surface area contributed by atoms with Gasteiger partial charge in [0.05, 0.1) is 23.1 Å². The van der Waals surface area contributed by atoms with Crippen LogP contribution in [0.25, 0.3) is 22.1 Å². The van der Waals surface area contributed by atoms with E-state index in [-0.39, 0.29) is 11.7 Å². The molecule has 9 heteroatoms. The highest BCUT2D eigenvalue weighted by atomic mass is 32.2. The first-order valence-electron chi connectivity index (χ1n) is 7.84. The molecule has 0 fully saturated rings. The fourth-order valence-electron chi connectivity index (χ4n) is 3.21. The van der Waals surface area contributed by atoms with Crippen LogP contribution in [-0.2, 0) is 20.0 Å². The van der Waals surface area contributed by atoms with Crippen LogP contribution in [0.5, 0.6) is 0 Å². The number of benzene rings is 1.